The Bertz CT molecular complexity index is 723. The normalized spacial score (nSPS) is 13.1. The van der Waals surface area contributed by atoms with Crippen molar-refractivity contribution in [3.8, 4) is 6.07 Å². The first-order chi connectivity index (χ1) is 10.9. The van der Waals surface area contributed by atoms with E-state index in [1.54, 1.807) is 6.08 Å². The smallest absolute Gasteiger partial charge is 0.208 e. The molecule has 0 aliphatic carbocycles. The minimum atomic E-state index is 0.370. The van der Waals surface area contributed by atoms with Gasteiger partial charge in [0.25, 0.3) is 0 Å². The van der Waals surface area contributed by atoms with E-state index in [-0.39, 0.29) is 0 Å². The van der Waals surface area contributed by atoms with E-state index in [2.05, 4.69) is 33.5 Å². The molecular weight excluding hydrogens is 280 g/mol. The molecule has 0 unspecified atom stereocenters. The first kappa shape index (κ1) is 14.0. The van der Waals surface area contributed by atoms with E-state index in [1.807, 2.05) is 18.2 Å². The van der Waals surface area contributed by atoms with Crippen LogP contribution in [0.5, 0.6) is 0 Å². The van der Waals surface area contributed by atoms with Gasteiger partial charge in [-0.2, -0.15) is 10.1 Å². The Balaban J connectivity index is 1.71. The summed E-state index contributed by atoms with van der Waals surface area (Å²) in [4.78, 5) is 18.2. The number of hydrogen-bond acceptors (Lipinski definition) is 6. The summed E-state index contributed by atoms with van der Waals surface area (Å²) in [6, 6.07) is 12.2. The van der Waals surface area contributed by atoms with Crippen LogP contribution in [0.4, 0.5) is 5.82 Å². The van der Waals surface area contributed by atoms with Crippen molar-refractivity contribution in [3.05, 3.63) is 59.6 Å². The van der Waals surface area contributed by atoms with Crippen molar-refractivity contribution in [1.29, 1.82) is 5.26 Å². The summed E-state index contributed by atoms with van der Waals surface area (Å²) in [6.07, 6.45) is 4.07. The van der Waals surface area contributed by atoms with Crippen LogP contribution in [0.25, 0.3) is 5.76 Å². The molecule has 0 radical (unpaired) electrons. The molecule has 0 saturated carbocycles. The maximum absolute atomic E-state index is 9.15. The van der Waals surface area contributed by atoms with Crippen molar-refractivity contribution in [2.75, 3.05) is 18.5 Å². The van der Waals surface area contributed by atoms with Gasteiger partial charge in [-0.25, -0.2) is 9.97 Å². The molecule has 0 amide bonds. The Hall–Kier alpha value is -2.91. The minimum absolute atomic E-state index is 0.370. The standard InChI is InChI=1S/C16H14N4O2/c17-10-13-11-19-16(14-7-9-21-22-14)20-15(13)18-8-6-12-4-2-1-3-5-12/h1-5,7,11H,6,8-9H2,(H,18,19,20). The summed E-state index contributed by atoms with van der Waals surface area (Å²) in [5.41, 5.74) is 1.62. The second-order valence-corrected chi connectivity index (χ2v) is 4.67. The largest absolute Gasteiger partial charge is 0.369 e. The maximum atomic E-state index is 9.15. The summed E-state index contributed by atoms with van der Waals surface area (Å²) in [5, 5.41) is 12.3. The Morgan fingerprint density at radius 3 is 2.86 bits per heavy atom. The first-order valence-electron chi connectivity index (χ1n) is 6.92. The zero-order chi connectivity index (χ0) is 15.2. The average Bonchev–Trinajstić information content (AvgIpc) is 3.10. The third-order valence-corrected chi connectivity index (χ3v) is 3.16. The van der Waals surface area contributed by atoms with Crippen molar-refractivity contribution in [2.24, 2.45) is 0 Å². The highest BCUT2D eigenvalue weighted by Gasteiger charge is 2.15. The van der Waals surface area contributed by atoms with Crippen LogP contribution in [0.3, 0.4) is 0 Å². The topological polar surface area (TPSA) is 80.1 Å². The van der Waals surface area contributed by atoms with Gasteiger partial charge in [-0.3, -0.25) is 0 Å². The molecule has 0 atom stereocenters. The van der Waals surface area contributed by atoms with Crippen molar-refractivity contribution in [3.63, 3.8) is 0 Å². The van der Waals surface area contributed by atoms with Crippen molar-refractivity contribution in [2.45, 2.75) is 6.42 Å². The maximum Gasteiger partial charge on any atom is 0.208 e. The van der Waals surface area contributed by atoms with Crippen LogP contribution in [0.1, 0.15) is 17.0 Å². The van der Waals surface area contributed by atoms with Crippen LogP contribution >= 0.6 is 0 Å². The number of benzene rings is 1. The van der Waals surface area contributed by atoms with E-state index >= 15 is 0 Å². The van der Waals surface area contributed by atoms with E-state index in [0.29, 0.717) is 36.1 Å². The highest BCUT2D eigenvalue weighted by atomic mass is 17.2. The average molecular weight is 294 g/mol. The predicted octanol–water partition coefficient (Wildman–Crippen LogP) is 2.31. The van der Waals surface area contributed by atoms with E-state index in [1.165, 1.54) is 11.8 Å². The summed E-state index contributed by atoms with van der Waals surface area (Å²) >= 11 is 0. The van der Waals surface area contributed by atoms with Crippen LogP contribution in [0, 0.1) is 11.3 Å². The molecule has 22 heavy (non-hydrogen) atoms. The Morgan fingerprint density at radius 1 is 1.27 bits per heavy atom. The Labute approximate surface area is 128 Å². The van der Waals surface area contributed by atoms with Crippen molar-refractivity contribution >= 4 is 11.6 Å². The fourth-order valence-corrected chi connectivity index (χ4v) is 2.06. The molecule has 0 bridgehead atoms. The molecule has 0 saturated heterocycles. The molecule has 3 rings (SSSR count). The summed E-state index contributed by atoms with van der Waals surface area (Å²) in [5.74, 6) is 1.37. The van der Waals surface area contributed by atoms with Gasteiger partial charge in [0.1, 0.15) is 24.1 Å². The fourth-order valence-electron chi connectivity index (χ4n) is 2.06. The molecule has 0 fully saturated rings. The highest BCUT2D eigenvalue weighted by molar-refractivity contribution is 5.58. The second kappa shape index (κ2) is 6.70. The quantitative estimate of drug-likeness (QED) is 0.852. The summed E-state index contributed by atoms with van der Waals surface area (Å²) in [6.45, 7) is 1.04. The molecule has 2 aromatic rings. The van der Waals surface area contributed by atoms with Gasteiger partial charge in [0, 0.05) is 6.54 Å². The van der Waals surface area contributed by atoms with Gasteiger partial charge < -0.3 is 10.2 Å². The number of anilines is 1. The lowest BCUT2D eigenvalue weighted by Gasteiger charge is -2.08. The molecule has 110 valence electrons. The molecule has 6 nitrogen and oxygen atoms in total. The number of nitriles is 1. The monoisotopic (exact) mass is 294 g/mol. The van der Waals surface area contributed by atoms with Crippen LogP contribution in [0.2, 0.25) is 0 Å². The number of rotatable bonds is 5. The van der Waals surface area contributed by atoms with Crippen LogP contribution in [-0.4, -0.2) is 23.1 Å². The predicted molar refractivity (Wildman–Crippen MR) is 80.4 cm³/mol. The molecule has 1 N–H and O–H groups in total. The van der Waals surface area contributed by atoms with Crippen molar-refractivity contribution in [1.82, 2.24) is 9.97 Å². The summed E-state index contributed by atoms with van der Waals surface area (Å²) in [7, 11) is 0. The SMILES string of the molecule is N#Cc1cnc(C2=CCOO2)nc1NCCc1ccccc1. The molecule has 1 aromatic carbocycles. The lowest BCUT2D eigenvalue weighted by molar-refractivity contribution is -0.209. The third kappa shape index (κ3) is 3.22. The van der Waals surface area contributed by atoms with E-state index in [9.17, 15) is 0 Å². The van der Waals surface area contributed by atoms with Gasteiger partial charge in [-0.05, 0) is 18.1 Å². The Morgan fingerprint density at radius 2 is 2.14 bits per heavy atom. The lowest BCUT2D eigenvalue weighted by Crippen LogP contribution is -2.10. The fraction of sp³-hybridized carbons (Fsp3) is 0.188. The number of nitrogens with one attached hydrogen (secondary N) is 1. The molecule has 1 aliphatic rings. The van der Waals surface area contributed by atoms with E-state index in [4.69, 9.17) is 15.0 Å². The van der Waals surface area contributed by atoms with Gasteiger partial charge >= 0.3 is 0 Å². The minimum Gasteiger partial charge on any atom is -0.369 e. The number of hydrogen-bond donors (Lipinski definition) is 1. The molecule has 0 spiro atoms. The molecule has 6 heteroatoms. The zero-order valence-electron chi connectivity index (χ0n) is 11.8. The van der Waals surface area contributed by atoms with Crippen molar-refractivity contribution < 1.29 is 9.78 Å². The first-order valence-corrected chi connectivity index (χ1v) is 6.92. The van der Waals surface area contributed by atoms with Crippen LogP contribution in [-0.2, 0) is 16.2 Å². The number of nitrogens with zero attached hydrogens (tertiary/aromatic N) is 3. The molecule has 1 aliphatic heterocycles. The Kier molecular flexibility index (Phi) is 4.27. The lowest BCUT2D eigenvalue weighted by atomic mass is 10.1. The molecule has 1 aromatic heterocycles. The van der Waals surface area contributed by atoms with Crippen LogP contribution < -0.4 is 5.32 Å². The van der Waals surface area contributed by atoms with Gasteiger partial charge in [0.05, 0.1) is 6.20 Å². The molecule has 2 heterocycles. The van der Waals surface area contributed by atoms with Gasteiger partial charge in [-0.1, -0.05) is 30.3 Å². The highest BCUT2D eigenvalue weighted by Crippen LogP contribution is 2.20. The van der Waals surface area contributed by atoms with Crippen LogP contribution in [0.15, 0.2) is 42.6 Å². The van der Waals surface area contributed by atoms with E-state index in [0.717, 1.165) is 6.42 Å². The zero-order valence-corrected chi connectivity index (χ0v) is 11.8. The molecular formula is C16H14N4O2. The van der Waals surface area contributed by atoms with Gasteiger partial charge in [0.2, 0.25) is 11.6 Å². The second-order valence-electron chi connectivity index (χ2n) is 4.67. The van der Waals surface area contributed by atoms with E-state index < -0.39 is 0 Å². The number of aromatic nitrogens is 2. The summed E-state index contributed by atoms with van der Waals surface area (Å²) < 4.78 is 0. The van der Waals surface area contributed by atoms with Gasteiger partial charge in [-0.15, -0.1) is 0 Å². The third-order valence-electron chi connectivity index (χ3n) is 3.16. The van der Waals surface area contributed by atoms with Gasteiger partial charge in [0.15, 0.2) is 0 Å².